The number of amides is 1. The van der Waals surface area contributed by atoms with Gasteiger partial charge in [0.1, 0.15) is 0 Å². The van der Waals surface area contributed by atoms with E-state index in [1.807, 2.05) is 11.8 Å². The third-order valence-electron chi connectivity index (χ3n) is 5.49. The maximum Gasteiger partial charge on any atom is 0.254 e. The summed E-state index contributed by atoms with van der Waals surface area (Å²) in [6.07, 6.45) is 9.43. The normalized spacial score (nSPS) is 20.8. The van der Waals surface area contributed by atoms with Crippen molar-refractivity contribution in [2.45, 2.75) is 58.0 Å². The summed E-state index contributed by atoms with van der Waals surface area (Å²) < 4.78 is 1.62. The molecule has 0 aromatic carbocycles. The average Bonchev–Trinajstić information content (AvgIpc) is 2.88. The molecule has 1 saturated heterocycles. The molecule has 2 heterocycles. The lowest BCUT2D eigenvalue weighted by Crippen LogP contribution is -2.40. The Morgan fingerprint density at radius 2 is 1.88 bits per heavy atom. The molecule has 0 atom stereocenters. The SMILES string of the molecule is CCn1ccc(C(=O)N2CCCN(C3CCCCC3)CC2)cc1=O. The molecule has 0 unspecified atom stereocenters. The Labute approximate surface area is 144 Å². The van der Waals surface area contributed by atoms with Crippen LogP contribution in [-0.2, 0) is 6.54 Å². The molecule has 0 spiro atoms. The largest absolute Gasteiger partial charge is 0.337 e. The van der Waals surface area contributed by atoms with Gasteiger partial charge in [-0.05, 0) is 32.3 Å². The highest BCUT2D eigenvalue weighted by Gasteiger charge is 2.25. The van der Waals surface area contributed by atoms with Crippen molar-refractivity contribution in [3.8, 4) is 0 Å². The summed E-state index contributed by atoms with van der Waals surface area (Å²) in [5.41, 5.74) is 0.429. The highest BCUT2D eigenvalue weighted by molar-refractivity contribution is 5.94. The van der Waals surface area contributed by atoms with Crippen molar-refractivity contribution in [3.05, 3.63) is 34.2 Å². The summed E-state index contributed by atoms with van der Waals surface area (Å²) in [5.74, 6) is 0.000784. The second kappa shape index (κ2) is 7.97. The third kappa shape index (κ3) is 3.89. The van der Waals surface area contributed by atoms with Crippen LogP contribution in [-0.4, -0.2) is 52.5 Å². The molecule has 24 heavy (non-hydrogen) atoms. The number of carbonyl (C=O) groups is 1. The van der Waals surface area contributed by atoms with Gasteiger partial charge in [-0.3, -0.25) is 14.5 Å². The van der Waals surface area contributed by atoms with Crippen molar-refractivity contribution in [2.24, 2.45) is 0 Å². The molecule has 5 heteroatoms. The van der Waals surface area contributed by atoms with E-state index in [9.17, 15) is 9.59 Å². The summed E-state index contributed by atoms with van der Waals surface area (Å²) in [6.45, 7) is 6.17. The molecule has 5 nitrogen and oxygen atoms in total. The van der Waals surface area contributed by atoms with Gasteiger partial charge in [0, 0.05) is 56.6 Å². The monoisotopic (exact) mass is 331 g/mol. The van der Waals surface area contributed by atoms with Crippen molar-refractivity contribution >= 4 is 5.91 Å². The fraction of sp³-hybridized carbons (Fsp3) is 0.684. The Bertz CT molecular complexity index is 619. The van der Waals surface area contributed by atoms with Crippen molar-refractivity contribution in [3.63, 3.8) is 0 Å². The van der Waals surface area contributed by atoms with Crippen LogP contribution in [0.1, 0.15) is 55.8 Å². The minimum absolute atomic E-state index is 0.000784. The predicted octanol–water partition coefficient (Wildman–Crippen LogP) is 2.35. The Morgan fingerprint density at radius 1 is 1.08 bits per heavy atom. The maximum absolute atomic E-state index is 12.7. The van der Waals surface area contributed by atoms with E-state index in [0.717, 1.165) is 32.6 Å². The number of hydrogen-bond donors (Lipinski definition) is 0. The average molecular weight is 331 g/mol. The number of aryl methyl sites for hydroxylation is 1. The van der Waals surface area contributed by atoms with Crippen molar-refractivity contribution < 1.29 is 4.79 Å². The van der Waals surface area contributed by atoms with Crippen LogP contribution in [0.4, 0.5) is 0 Å². The first-order valence-electron chi connectivity index (χ1n) is 9.43. The topological polar surface area (TPSA) is 45.6 Å². The maximum atomic E-state index is 12.7. The standard InChI is InChI=1S/C19H29N3O2/c1-2-20-12-9-16(15-18(20)23)19(24)22-11-6-10-21(13-14-22)17-7-4-3-5-8-17/h9,12,15,17H,2-8,10-11,13-14H2,1H3. The first-order chi connectivity index (χ1) is 11.7. The van der Waals surface area contributed by atoms with E-state index in [2.05, 4.69) is 4.90 Å². The summed E-state index contributed by atoms with van der Waals surface area (Å²) in [5, 5.41) is 0. The molecule has 1 saturated carbocycles. The minimum Gasteiger partial charge on any atom is -0.337 e. The quantitative estimate of drug-likeness (QED) is 0.854. The summed E-state index contributed by atoms with van der Waals surface area (Å²) in [4.78, 5) is 29.2. The molecule has 2 aliphatic rings. The lowest BCUT2D eigenvalue weighted by molar-refractivity contribution is 0.0754. The van der Waals surface area contributed by atoms with Crippen LogP contribution >= 0.6 is 0 Å². The van der Waals surface area contributed by atoms with Gasteiger partial charge in [0.25, 0.3) is 11.5 Å². The van der Waals surface area contributed by atoms with Gasteiger partial charge in [0.05, 0.1) is 0 Å². The van der Waals surface area contributed by atoms with E-state index in [-0.39, 0.29) is 11.5 Å². The smallest absolute Gasteiger partial charge is 0.254 e. The van der Waals surface area contributed by atoms with Crippen molar-refractivity contribution in [1.29, 1.82) is 0 Å². The fourth-order valence-corrected chi connectivity index (χ4v) is 4.04. The van der Waals surface area contributed by atoms with Crippen LogP contribution in [0.2, 0.25) is 0 Å². The zero-order valence-electron chi connectivity index (χ0n) is 14.7. The number of rotatable bonds is 3. The van der Waals surface area contributed by atoms with Gasteiger partial charge in [-0.1, -0.05) is 19.3 Å². The Morgan fingerprint density at radius 3 is 2.58 bits per heavy atom. The Kier molecular flexibility index (Phi) is 5.72. The molecule has 1 aromatic heterocycles. The molecule has 1 amide bonds. The summed E-state index contributed by atoms with van der Waals surface area (Å²) in [7, 11) is 0. The summed E-state index contributed by atoms with van der Waals surface area (Å²) >= 11 is 0. The lowest BCUT2D eigenvalue weighted by atomic mass is 9.94. The highest BCUT2D eigenvalue weighted by atomic mass is 16.2. The van der Waals surface area contributed by atoms with E-state index < -0.39 is 0 Å². The van der Waals surface area contributed by atoms with Crippen molar-refractivity contribution in [2.75, 3.05) is 26.2 Å². The molecule has 2 fully saturated rings. The van der Waals surface area contributed by atoms with Gasteiger partial charge in [-0.15, -0.1) is 0 Å². The first kappa shape index (κ1) is 17.2. The van der Waals surface area contributed by atoms with Crippen LogP contribution < -0.4 is 5.56 Å². The van der Waals surface area contributed by atoms with Crippen LogP contribution in [0, 0.1) is 0 Å². The molecule has 132 valence electrons. The van der Waals surface area contributed by atoms with E-state index in [1.54, 1.807) is 16.8 Å². The number of carbonyl (C=O) groups excluding carboxylic acids is 1. The first-order valence-corrected chi connectivity index (χ1v) is 9.43. The zero-order chi connectivity index (χ0) is 16.9. The minimum atomic E-state index is -0.0954. The number of aromatic nitrogens is 1. The van der Waals surface area contributed by atoms with Gasteiger partial charge >= 0.3 is 0 Å². The van der Waals surface area contributed by atoms with Crippen LogP contribution in [0.15, 0.2) is 23.1 Å². The molecule has 1 aliphatic heterocycles. The molecule has 1 aromatic rings. The van der Waals surface area contributed by atoms with Gasteiger partial charge in [-0.25, -0.2) is 0 Å². The Balaban J connectivity index is 1.63. The van der Waals surface area contributed by atoms with Crippen molar-refractivity contribution in [1.82, 2.24) is 14.4 Å². The van der Waals surface area contributed by atoms with Crippen LogP contribution in [0.25, 0.3) is 0 Å². The molecule has 3 rings (SSSR count). The van der Waals surface area contributed by atoms with E-state index in [0.29, 0.717) is 18.2 Å². The predicted molar refractivity (Wildman–Crippen MR) is 95.3 cm³/mol. The van der Waals surface area contributed by atoms with Crippen LogP contribution in [0.3, 0.4) is 0 Å². The summed E-state index contributed by atoms with van der Waals surface area (Å²) in [6, 6.07) is 3.97. The Hall–Kier alpha value is -1.62. The number of hydrogen-bond acceptors (Lipinski definition) is 3. The van der Waals surface area contributed by atoms with E-state index >= 15 is 0 Å². The van der Waals surface area contributed by atoms with Crippen LogP contribution in [0.5, 0.6) is 0 Å². The lowest BCUT2D eigenvalue weighted by Gasteiger charge is -2.33. The van der Waals surface area contributed by atoms with Gasteiger partial charge in [-0.2, -0.15) is 0 Å². The molecule has 0 radical (unpaired) electrons. The second-order valence-electron chi connectivity index (χ2n) is 7.01. The number of pyridine rings is 1. The second-order valence-corrected chi connectivity index (χ2v) is 7.01. The van der Waals surface area contributed by atoms with E-state index in [4.69, 9.17) is 0 Å². The van der Waals surface area contributed by atoms with Gasteiger partial charge in [0.15, 0.2) is 0 Å². The fourth-order valence-electron chi connectivity index (χ4n) is 4.04. The third-order valence-corrected chi connectivity index (χ3v) is 5.49. The van der Waals surface area contributed by atoms with Gasteiger partial charge < -0.3 is 9.47 Å². The molecular weight excluding hydrogens is 302 g/mol. The van der Waals surface area contributed by atoms with E-state index in [1.165, 1.54) is 38.2 Å². The number of nitrogens with zero attached hydrogens (tertiary/aromatic N) is 3. The molecule has 0 bridgehead atoms. The highest BCUT2D eigenvalue weighted by Crippen LogP contribution is 2.23. The molecular formula is C19H29N3O2. The molecule has 0 N–H and O–H groups in total. The van der Waals surface area contributed by atoms with Gasteiger partial charge in [0.2, 0.25) is 0 Å². The zero-order valence-corrected chi connectivity index (χ0v) is 14.7. The molecule has 1 aliphatic carbocycles.